The highest BCUT2D eigenvalue weighted by molar-refractivity contribution is 7.92. The number of halogens is 1. The molecule has 0 radical (unpaired) electrons. The number of rotatable bonds is 8. The van der Waals surface area contributed by atoms with Gasteiger partial charge in [0.05, 0.1) is 19.1 Å². The summed E-state index contributed by atoms with van der Waals surface area (Å²) in [5, 5.41) is 2.79. The predicted octanol–water partition coefficient (Wildman–Crippen LogP) is 3.88. The predicted molar refractivity (Wildman–Crippen MR) is 119 cm³/mol. The first-order chi connectivity index (χ1) is 15.2. The molecule has 0 bridgehead atoms. The Morgan fingerprint density at radius 3 is 2.28 bits per heavy atom. The van der Waals surface area contributed by atoms with Crippen LogP contribution >= 0.6 is 0 Å². The van der Waals surface area contributed by atoms with Gasteiger partial charge < -0.3 is 14.8 Å². The van der Waals surface area contributed by atoms with Crippen molar-refractivity contribution in [3.8, 4) is 11.5 Å². The van der Waals surface area contributed by atoms with Gasteiger partial charge in [-0.25, -0.2) is 12.8 Å². The van der Waals surface area contributed by atoms with Gasteiger partial charge in [0.25, 0.3) is 15.9 Å². The highest BCUT2D eigenvalue weighted by Gasteiger charge is 2.18. The summed E-state index contributed by atoms with van der Waals surface area (Å²) in [6, 6.07) is 14.5. The lowest BCUT2D eigenvalue weighted by Gasteiger charge is -2.13. The lowest BCUT2D eigenvalue weighted by Crippen LogP contribution is -2.24. The number of benzene rings is 3. The summed E-state index contributed by atoms with van der Waals surface area (Å²) in [5.41, 5.74) is 1.85. The van der Waals surface area contributed by atoms with Gasteiger partial charge in [0, 0.05) is 17.8 Å². The van der Waals surface area contributed by atoms with E-state index in [0.29, 0.717) is 17.1 Å². The van der Waals surface area contributed by atoms with Crippen LogP contribution in [-0.4, -0.2) is 28.5 Å². The zero-order chi connectivity index (χ0) is 23.3. The number of sulfonamides is 1. The number of hydrogen-bond donors (Lipinski definition) is 2. The Morgan fingerprint density at radius 2 is 1.62 bits per heavy atom. The van der Waals surface area contributed by atoms with Crippen molar-refractivity contribution in [1.29, 1.82) is 0 Å². The van der Waals surface area contributed by atoms with E-state index in [1.165, 1.54) is 38.5 Å². The minimum absolute atomic E-state index is 0.0799. The molecule has 0 unspecified atom stereocenters. The second kappa shape index (κ2) is 9.69. The number of ether oxygens (including phenoxy) is 2. The molecule has 1 amide bonds. The van der Waals surface area contributed by atoms with Crippen molar-refractivity contribution in [3.63, 3.8) is 0 Å². The summed E-state index contributed by atoms with van der Waals surface area (Å²) in [6.45, 7) is 1.93. The molecule has 0 aromatic heterocycles. The van der Waals surface area contributed by atoms with Crippen molar-refractivity contribution < 1.29 is 27.1 Å². The van der Waals surface area contributed by atoms with Crippen LogP contribution in [-0.2, 0) is 16.6 Å². The monoisotopic (exact) mass is 458 g/mol. The molecule has 7 nitrogen and oxygen atoms in total. The zero-order valence-electron chi connectivity index (χ0n) is 17.8. The average Bonchev–Trinajstić information content (AvgIpc) is 2.78. The number of methoxy groups -OCH3 is 2. The van der Waals surface area contributed by atoms with E-state index in [9.17, 15) is 17.6 Å². The first kappa shape index (κ1) is 23.1. The molecule has 0 aliphatic carbocycles. The maximum absolute atomic E-state index is 13.1. The summed E-state index contributed by atoms with van der Waals surface area (Å²) in [6.07, 6.45) is 0. The number of nitrogens with one attached hydrogen (secondary N) is 2. The van der Waals surface area contributed by atoms with Crippen molar-refractivity contribution in [2.24, 2.45) is 0 Å². The summed E-state index contributed by atoms with van der Waals surface area (Å²) in [7, 11) is -0.907. The van der Waals surface area contributed by atoms with Crippen molar-refractivity contribution in [2.75, 3.05) is 18.9 Å². The summed E-state index contributed by atoms with van der Waals surface area (Å²) in [5.74, 6) is 0.216. The molecule has 3 aromatic rings. The van der Waals surface area contributed by atoms with E-state index in [1.807, 2.05) is 0 Å². The van der Waals surface area contributed by atoms with E-state index in [4.69, 9.17) is 9.47 Å². The van der Waals surface area contributed by atoms with Gasteiger partial charge in [-0.3, -0.25) is 9.52 Å². The van der Waals surface area contributed by atoms with Crippen LogP contribution < -0.4 is 19.5 Å². The molecule has 32 heavy (non-hydrogen) atoms. The van der Waals surface area contributed by atoms with Crippen molar-refractivity contribution in [2.45, 2.75) is 18.4 Å². The molecule has 2 N–H and O–H groups in total. The number of carbonyl (C=O) groups excluding carboxylic acids is 1. The van der Waals surface area contributed by atoms with Crippen LogP contribution in [0.4, 0.5) is 10.1 Å². The fourth-order valence-electron chi connectivity index (χ4n) is 3.01. The van der Waals surface area contributed by atoms with Crippen molar-refractivity contribution >= 4 is 21.6 Å². The van der Waals surface area contributed by atoms with Gasteiger partial charge in [0.1, 0.15) is 5.82 Å². The van der Waals surface area contributed by atoms with E-state index >= 15 is 0 Å². The molecule has 0 spiro atoms. The smallest absolute Gasteiger partial charge is 0.261 e. The zero-order valence-corrected chi connectivity index (χ0v) is 18.6. The number of hydrogen-bond acceptors (Lipinski definition) is 5. The molecular formula is C23H23FN2O5S. The lowest BCUT2D eigenvalue weighted by molar-refractivity contribution is 0.0950. The number of aryl methyl sites for hydroxylation is 1. The third-order valence-electron chi connectivity index (χ3n) is 4.76. The quantitative estimate of drug-likeness (QED) is 0.534. The number of carbonyl (C=O) groups is 1. The second-order valence-electron chi connectivity index (χ2n) is 6.96. The van der Waals surface area contributed by atoms with Crippen LogP contribution in [0.15, 0.2) is 65.6 Å². The first-order valence-electron chi connectivity index (χ1n) is 9.61. The maximum Gasteiger partial charge on any atom is 0.261 e. The van der Waals surface area contributed by atoms with Crippen LogP contribution in [0, 0.1) is 12.7 Å². The Kier molecular flexibility index (Phi) is 6.99. The van der Waals surface area contributed by atoms with Gasteiger partial charge in [-0.1, -0.05) is 12.1 Å². The highest BCUT2D eigenvalue weighted by atomic mass is 32.2. The molecule has 0 heterocycles. The fraction of sp³-hybridized carbons (Fsp3) is 0.174. The summed E-state index contributed by atoms with van der Waals surface area (Å²) < 4.78 is 51.4. The molecule has 3 aromatic carbocycles. The van der Waals surface area contributed by atoms with Gasteiger partial charge in [0.2, 0.25) is 0 Å². The van der Waals surface area contributed by atoms with Crippen LogP contribution in [0.5, 0.6) is 11.5 Å². The highest BCUT2D eigenvalue weighted by Crippen LogP contribution is 2.27. The number of anilines is 1. The van der Waals surface area contributed by atoms with Crippen molar-refractivity contribution in [3.05, 3.63) is 83.2 Å². The standard InChI is InChI=1S/C23H23FN2O5S/c1-15-4-10-19(32(28,29)26-18-8-6-17(24)7-9-18)13-20(15)23(27)25-14-16-5-11-21(30-2)22(12-16)31-3/h4-13,26H,14H2,1-3H3,(H,25,27). The maximum atomic E-state index is 13.1. The molecule has 0 aliphatic rings. The van der Waals surface area contributed by atoms with E-state index in [0.717, 1.165) is 17.7 Å². The summed E-state index contributed by atoms with van der Waals surface area (Å²) >= 11 is 0. The van der Waals surface area contributed by atoms with Gasteiger partial charge in [-0.05, 0) is 66.6 Å². The molecular weight excluding hydrogens is 435 g/mol. The Balaban J connectivity index is 1.77. The number of amides is 1. The molecule has 0 saturated heterocycles. The Bertz CT molecular complexity index is 1230. The average molecular weight is 459 g/mol. The summed E-state index contributed by atoms with van der Waals surface area (Å²) in [4.78, 5) is 12.7. The van der Waals surface area contributed by atoms with E-state index < -0.39 is 21.7 Å². The van der Waals surface area contributed by atoms with Crippen LogP contribution in [0.3, 0.4) is 0 Å². The Hall–Kier alpha value is -3.59. The van der Waals surface area contributed by atoms with Gasteiger partial charge >= 0.3 is 0 Å². The van der Waals surface area contributed by atoms with E-state index in [-0.39, 0.29) is 22.7 Å². The molecule has 0 aliphatic heterocycles. The molecule has 0 saturated carbocycles. The largest absolute Gasteiger partial charge is 0.493 e. The van der Waals surface area contributed by atoms with Gasteiger partial charge in [0.15, 0.2) is 11.5 Å². The molecule has 0 atom stereocenters. The minimum Gasteiger partial charge on any atom is -0.493 e. The van der Waals surface area contributed by atoms with Crippen LogP contribution in [0.25, 0.3) is 0 Å². The SMILES string of the molecule is COc1ccc(CNC(=O)c2cc(S(=O)(=O)Nc3ccc(F)cc3)ccc2C)cc1OC. The first-order valence-corrected chi connectivity index (χ1v) is 11.1. The van der Waals surface area contributed by atoms with E-state index in [1.54, 1.807) is 31.2 Å². The third kappa shape index (κ3) is 5.36. The molecule has 9 heteroatoms. The Labute approximate surface area is 186 Å². The minimum atomic E-state index is -3.97. The Morgan fingerprint density at radius 1 is 0.938 bits per heavy atom. The topological polar surface area (TPSA) is 93.7 Å². The van der Waals surface area contributed by atoms with E-state index in [2.05, 4.69) is 10.0 Å². The third-order valence-corrected chi connectivity index (χ3v) is 6.14. The van der Waals surface area contributed by atoms with Gasteiger partial charge in [-0.2, -0.15) is 0 Å². The molecule has 3 rings (SSSR count). The molecule has 168 valence electrons. The second-order valence-corrected chi connectivity index (χ2v) is 8.64. The van der Waals surface area contributed by atoms with Crippen molar-refractivity contribution in [1.82, 2.24) is 5.32 Å². The lowest BCUT2D eigenvalue weighted by atomic mass is 10.1. The molecule has 0 fully saturated rings. The normalized spacial score (nSPS) is 11.0. The van der Waals surface area contributed by atoms with Crippen LogP contribution in [0.2, 0.25) is 0 Å². The van der Waals surface area contributed by atoms with Gasteiger partial charge in [-0.15, -0.1) is 0 Å². The van der Waals surface area contributed by atoms with Crippen LogP contribution in [0.1, 0.15) is 21.5 Å². The fourth-order valence-corrected chi connectivity index (χ4v) is 4.10.